The molecule has 7 heteroatoms. The SMILES string of the molecule is CN(Cc1ccc(OCC(=O)O)cc1)C(=O)c1ccc(CN2CCCC2=O)cc1. The molecule has 0 aromatic heterocycles. The van der Waals surface area contributed by atoms with Gasteiger partial charge in [-0.15, -0.1) is 0 Å². The molecule has 1 fully saturated rings. The van der Waals surface area contributed by atoms with E-state index in [2.05, 4.69) is 0 Å². The van der Waals surface area contributed by atoms with Crippen molar-refractivity contribution in [2.75, 3.05) is 20.2 Å². The Labute approximate surface area is 169 Å². The van der Waals surface area contributed by atoms with E-state index in [1.807, 2.05) is 17.0 Å². The molecule has 0 bridgehead atoms. The second-order valence-corrected chi connectivity index (χ2v) is 7.10. The Kier molecular flexibility index (Phi) is 6.49. The topological polar surface area (TPSA) is 87.2 Å². The predicted octanol–water partition coefficient (Wildman–Crippen LogP) is 2.54. The van der Waals surface area contributed by atoms with Gasteiger partial charge in [0.1, 0.15) is 5.75 Å². The third-order valence-electron chi connectivity index (χ3n) is 4.80. The first-order chi connectivity index (χ1) is 13.9. The van der Waals surface area contributed by atoms with E-state index >= 15 is 0 Å². The lowest BCUT2D eigenvalue weighted by Crippen LogP contribution is -2.26. The molecule has 0 saturated carbocycles. The van der Waals surface area contributed by atoms with Crippen LogP contribution in [0.5, 0.6) is 5.75 Å². The third kappa shape index (κ3) is 5.57. The highest BCUT2D eigenvalue weighted by atomic mass is 16.5. The molecular weight excluding hydrogens is 372 g/mol. The standard InChI is InChI=1S/C22H24N2O5/c1-23(13-16-6-10-19(11-7-16)29-15-21(26)27)22(28)18-8-4-17(5-9-18)14-24-12-2-3-20(24)25/h4-11H,2-3,12-15H2,1H3,(H,26,27). The molecule has 7 nitrogen and oxygen atoms in total. The summed E-state index contributed by atoms with van der Waals surface area (Å²) < 4.78 is 5.10. The second-order valence-electron chi connectivity index (χ2n) is 7.10. The van der Waals surface area contributed by atoms with Crippen LogP contribution in [0.3, 0.4) is 0 Å². The molecule has 0 aliphatic carbocycles. The molecule has 1 aliphatic heterocycles. The first-order valence-corrected chi connectivity index (χ1v) is 9.48. The maximum absolute atomic E-state index is 12.7. The van der Waals surface area contributed by atoms with Crippen LogP contribution < -0.4 is 4.74 Å². The van der Waals surface area contributed by atoms with E-state index in [-0.39, 0.29) is 18.4 Å². The number of carbonyl (C=O) groups excluding carboxylic acids is 2. The van der Waals surface area contributed by atoms with E-state index in [1.165, 1.54) is 0 Å². The summed E-state index contributed by atoms with van der Waals surface area (Å²) in [6.45, 7) is 1.41. The first kappa shape index (κ1) is 20.4. The number of nitrogens with zero attached hydrogens (tertiary/aromatic N) is 2. The third-order valence-corrected chi connectivity index (χ3v) is 4.80. The van der Waals surface area contributed by atoms with E-state index < -0.39 is 5.97 Å². The molecule has 3 rings (SSSR count). The zero-order valence-electron chi connectivity index (χ0n) is 16.3. The van der Waals surface area contributed by atoms with Gasteiger partial charge in [-0.1, -0.05) is 24.3 Å². The molecule has 0 spiro atoms. The Morgan fingerprint density at radius 1 is 1.07 bits per heavy atom. The Bertz CT molecular complexity index is 877. The van der Waals surface area contributed by atoms with Crippen LogP contribution in [0.25, 0.3) is 0 Å². The Morgan fingerprint density at radius 2 is 1.72 bits per heavy atom. The van der Waals surface area contributed by atoms with E-state index in [1.54, 1.807) is 48.3 Å². The molecule has 29 heavy (non-hydrogen) atoms. The van der Waals surface area contributed by atoms with Gasteiger partial charge in [-0.2, -0.15) is 0 Å². The minimum absolute atomic E-state index is 0.0972. The fourth-order valence-electron chi connectivity index (χ4n) is 3.25. The molecule has 1 N–H and O–H groups in total. The highest BCUT2D eigenvalue weighted by Crippen LogP contribution is 2.17. The number of hydrogen-bond donors (Lipinski definition) is 1. The molecule has 2 aromatic carbocycles. The molecule has 1 aliphatic rings. The number of likely N-dealkylation sites (tertiary alicyclic amines) is 1. The lowest BCUT2D eigenvalue weighted by atomic mass is 10.1. The van der Waals surface area contributed by atoms with Crippen molar-refractivity contribution in [1.82, 2.24) is 9.80 Å². The summed E-state index contributed by atoms with van der Waals surface area (Å²) in [4.78, 5) is 38.4. The number of aliphatic carboxylic acids is 1. The largest absolute Gasteiger partial charge is 0.482 e. The number of ether oxygens (including phenoxy) is 1. The second kappa shape index (κ2) is 9.23. The summed E-state index contributed by atoms with van der Waals surface area (Å²) in [6, 6.07) is 14.3. The van der Waals surface area contributed by atoms with Gasteiger partial charge in [0.2, 0.25) is 5.91 Å². The fourth-order valence-corrected chi connectivity index (χ4v) is 3.25. The van der Waals surface area contributed by atoms with Gasteiger partial charge in [-0.3, -0.25) is 9.59 Å². The van der Waals surface area contributed by atoms with Gasteiger partial charge >= 0.3 is 5.97 Å². The van der Waals surface area contributed by atoms with Crippen LogP contribution in [0.2, 0.25) is 0 Å². The van der Waals surface area contributed by atoms with Crippen molar-refractivity contribution in [2.24, 2.45) is 0 Å². The monoisotopic (exact) mass is 396 g/mol. The van der Waals surface area contributed by atoms with Gasteiger partial charge in [-0.05, 0) is 41.8 Å². The molecule has 0 atom stereocenters. The summed E-state index contributed by atoms with van der Waals surface area (Å²) in [7, 11) is 1.73. The van der Waals surface area contributed by atoms with E-state index in [9.17, 15) is 14.4 Å². The van der Waals surface area contributed by atoms with Crippen LogP contribution in [-0.4, -0.2) is 52.9 Å². The zero-order chi connectivity index (χ0) is 20.8. The van der Waals surface area contributed by atoms with Crippen molar-refractivity contribution >= 4 is 17.8 Å². The van der Waals surface area contributed by atoms with Crippen molar-refractivity contribution in [3.8, 4) is 5.75 Å². The summed E-state index contributed by atoms with van der Waals surface area (Å²) in [5.41, 5.74) is 2.51. The Balaban J connectivity index is 1.55. The van der Waals surface area contributed by atoms with E-state index in [4.69, 9.17) is 9.84 Å². The fraction of sp³-hybridized carbons (Fsp3) is 0.318. The lowest BCUT2D eigenvalue weighted by Gasteiger charge is -2.19. The van der Waals surface area contributed by atoms with Crippen molar-refractivity contribution in [2.45, 2.75) is 25.9 Å². The molecule has 0 unspecified atom stereocenters. The van der Waals surface area contributed by atoms with E-state index in [0.29, 0.717) is 30.8 Å². The van der Waals surface area contributed by atoms with Crippen molar-refractivity contribution < 1.29 is 24.2 Å². The van der Waals surface area contributed by atoms with Crippen LogP contribution in [0.1, 0.15) is 34.3 Å². The number of carboxylic acid groups (broad SMARTS) is 1. The first-order valence-electron chi connectivity index (χ1n) is 9.48. The van der Waals surface area contributed by atoms with Gasteiger partial charge in [0.25, 0.3) is 5.91 Å². The average molecular weight is 396 g/mol. The molecule has 2 amide bonds. The van der Waals surface area contributed by atoms with Crippen molar-refractivity contribution in [1.29, 1.82) is 0 Å². The van der Waals surface area contributed by atoms with Gasteiger partial charge in [0.05, 0.1) is 0 Å². The summed E-state index contributed by atoms with van der Waals surface area (Å²) in [5, 5.41) is 8.63. The quantitative estimate of drug-likeness (QED) is 0.741. The van der Waals surface area contributed by atoms with Crippen molar-refractivity contribution in [3.05, 3.63) is 65.2 Å². The number of carboxylic acids is 1. The number of amides is 2. The molecular formula is C22H24N2O5. The molecule has 1 saturated heterocycles. The van der Waals surface area contributed by atoms with Gasteiger partial charge in [-0.25, -0.2) is 4.79 Å². The summed E-state index contributed by atoms with van der Waals surface area (Å²) >= 11 is 0. The maximum Gasteiger partial charge on any atom is 0.341 e. The van der Waals surface area contributed by atoms with E-state index in [0.717, 1.165) is 24.1 Å². The highest BCUT2D eigenvalue weighted by Gasteiger charge is 2.20. The molecule has 152 valence electrons. The lowest BCUT2D eigenvalue weighted by molar-refractivity contribution is -0.139. The van der Waals surface area contributed by atoms with Crippen LogP contribution >= 0.6 is 0 Å². The van der Waals surface area contributed by atoms with Crippen LogP contribution in [0.4, 0.5) is 0 Å². The van der Waals surface area contributed by atoms with Crippen LogP contribution in [0, 0.1) is 0 Å². The van der Waals surface area contributed by atoms with Gasteiger partial charge < -0.3 is 19.6 Å². The number of carbonyl (C=O) groups is 3. The normalized spacial score (nSPS) is 13.4. The minimum Gasteiger partial charge on any atom is -0.482 e. The molecule has 0 radical (unpaired) electrons. The Hall–Kier alpha value is -3.35. The molecule has 2 aromatic rings. The predicted molar refractivity (Wildman–Crippen MR) is 106 cm³/mol. The van der Waals surface area contributed by atoms with Gasteiger partial charge in [0.15, 0.2) is 6.61 Å². The zero-order valence-corrected chi connectivity index (χ0v) is 16.3. The van der Waals surface area contributed by atoms with Crippen LogP contribution in [-0.2, 0) is 22.7 Å². The average Bonchev–Trinajstić information content (AvgIpc) is 3.12. The summed E-state index contributed by atoms with van der Waals surface area (Å²) in [6.07, 6.45) is 1.53. The summed E-state index contributed by atoms with van der Waals surface area (Å²) in [5.74, 6) is -0.473. The van der Waals surface area contributed by atoms with Crippen molar-refractivity contribution in [3.63, 3.8) is 0 Å². The Morgan fingerprint density at radius 3 is 2.31 bits per heavy atom. The van der Waals surface area contributed by atoms with Gasteiger partial charge in [0, 0.05) is 38.7 Å². The maximum atomic E-state index is 12.7. The minimum atomic E-state index is -1.03. The highest BCUT2D eigenvalue weighted by molar-refractivity contribution is 5.94. The molecule has 1 heterocycles. The number of rotatable bonds is 8. The number of benzene rings is 2. The smallest absolute Gasteiger partial charge is 0.341 e. The number of hydrogen-bond acceptors (Lipinski definition) is 4. The van der Waals surface area contributed by atoms with Crippen LogP contribution in [0.15, 0.2) is 48.5 Å².